The van der Waals surface area contributed by atoms with E-state index in [4.69, 9.17) is 20.0 Å². The van der Waals surface area contributed by atoms with Crippen molar-refractivity contribution in [3.8, 4) is 0 Å². The smallest absolute Gasteiger partial charge is 0.260 e. The van der Waals surface area contributed by atoms with Crippen LogP contribution in [0.2, 0.25) is 5.02 Å². The van der Waals surface area contributed by atoms with Crippen LogP contribution in [0.15, 0.2) is 84.9 Å². The first-order chi connectivity index (χ1) is 12.7. The van der Waals surface area contributed by atoms with Crippen molar-refractivity contribution in [2.75, 3.05) is 0 Å². The quantitative estimate of drug-likeness (QED) is 0.611. The molecule has 0 bridgehead atoms. The summed E-state index contributed by atoms with van der Waals surface area (Å²) >= 11 is 4.19. The zero-order chi connectivity index (χ0) is 18.0. The Labute approximate surface area is 160 Å². The van der Waals surface area contributed by atoms with E-state index >= 15 is 0 Å². The van der Waals surface area contributed by atoms with Crippen molar-refractivity contribution in [2.45, 2.75) is 18.1 Å². The summed E-state index contributed by atoms with van der Waals surface area (Å²) in [6, 6.07) is 27.1. The van der Waals surface area contributed by atoms with Crippen LogP contribution < -0.4 is 0 Å². The van der Waals surface area contributed by atoms with Gasteiger partial charge >= 0.3 is 11.4 Å². The van der Waals surface area contributed by atoms with Crippen LogP contribution in [0.4, 0.5) is 0 Å². The second kappa shape index (κ2) is 7.33. The molecule has 1 aliphatic heterocycles. The highest BCUT2D eigenvalue weighted by Crippen LogP contribution is 2.47. The lowest BCUT2D eigenvalue weighted by molar-refractivity contribution is 0.00155. The molecule has 3 nitrogen and oxygen atoms in total. The second-order valence-electron chi connectivity index (χ2n) is 6.19. The van der Waals surface area contributed by atoms with Gasteiger partial charge in [-0.1, -0.05) is 84.4 Å². The van der Waals surface area contributed by atoms with Crippen LogP contribution in [-0.4, -0.2) is 4.21 Å². The molecule has 4 rings (SSSR count). The number of hydrogen-bond acceptors (Lipinski definition) is 3. The van der Waals surface area contributed by atoms with Crippen molar-refractivity contribution >= 4 is 23.0 Å². The minimum absolute atomic E-state index is 0.346. The Hall–Kier alpha value is -1.98. The van der Waals surface area contributed by atoms with E-state index in [1.54, 1.807) is 0 Å². The van der Waals surface area contributed by atoms with Crippen LogP contribution in [0.25, 0.3) is 0 Å². The Balaban J connectivity index is 1.84. The molecule has 26 heavy (non-hydrogen) atoms. The van der Waals surface area contributed by atoms with Crippen LogP contribution in [-0.2, 0) is 25.3 Å². The van der Waals surface area contributed by atoms with Gasteiger partial charge in [0, 0.05) is 11.4 Å². The van der Waals surface area contributed by atoms with E-state index in [-0.39, 0.29) is 6.10 Å². The SMILES string of the molecule is O=S1OC(c2ccccc2)CC(c2ccccc2)(c2ccc(Cl)cc2)O1. The van der Waals surface area contributed by atoms with Gasteiger partial charge in [-0.2, -0.15) is 4.21 Å². The maximum atomic E-state index is 12.5. The fourth-order valence-corrected chi connectivity index (χ4v) is 4.35. The molecule has 0 N–H and O–H groups in total. The first-order valence-corrected chi connectivity index (χ1v) is 9.70. The Morgan fingerprint density at radius 1 is 0.846 bits per heavy atom. The Morgan fingerprint density at radius 2 is 1.42 bits per heavy atom. The summed E-state index contributed by atoms with van der Waals surface area (Å²) in [6.45, 7) is 0. The van der Waals surface area contributed by atoms with Gasteiger partial charge in [-0.3, -0.25) is 8.37 Å². The van der Waals surface area contributed by atoms with Crippen molar-refractivity contribution in [1.82, 2.24) is 0 Å². The Kier molecular flexibility index (Phi) is 4.92. The maximum Gasteiger partial charge on any atom is 0.306 e. The lowest BCUT2D eigenvalue weighted by Crippen LogP contribution is -2.39. The summed E-state index contributed by atoms with van der Waals surface area (Å²) in [5, 5.41) is 0.643. The number of benzene rings is 3. The molecule has 1 fully saturated rings. The third-order valence-electron chi connectivity index (χ3n) is 4.60. The molecule has 0 radical (unpaired) electrons. The predicted molar refractivity (Wildman–Crippen MR) is 103 cm³/mol. The van der Waals surface area contributed by atoms with E-state index in [9.17, 15) is 4.21 Å². The molecular weight excluding hydrogens is 368 g/mol. The molecule has 0 amide bonds. The first-order valence-electron chi connectivity index (χ1n) is 8.32. The van der Waals surface area contributed by atoms with Gasteiger partial charge < -0.3 is 0 Å². The van der Waals surface area contributed by atoms with Crippen LogP contribution in [0.3, 0.4) is 0 Å². The van der Waals surface area contributed by atoms with Gasteiger partial charge in [0.2, 0.25) is 0 Å². The van der Waals surface area contributed by atoms with Crippen molar-refractivity contribution in [2.24, 2.45) is 0 Å². The van der Waals surface area contributed by atoms with Gasteiger partial charge in [0.05, 0.1) is 0 Å². The highest BCUT2D eigenvalue weighted by atomic mass is 35.5. The highest BCUT2D eigenvalue weighted by molar-refractivity contribution is 7.75. The Bertz CT molecular complexity index is 900. The molecule has 1 aliphatic rings. The summed E-state index contributed by atoms with van der Waals surface area (Å²) in [4.78, 5) is 0. The largest absolute Gasteiger partial charge is 0.306 e. The van der Waals surface area contributed by atoms with E-state index in [2.05, 4.69) is 0 Å². The standard InChI is InChI=1S/C21H17ClO3S/c22-19-13-11-18(12-14-19)21(17-9-5-2-6-10-17)15-20(24-26(23)25-21)16-7-3-1-4-8-16/h1-14,20H,15H2. The molecule has 1 saturated heterocycles. The fourth-order valence-electron chi connectivity index (χ4n) is 3.33. The topological polar surface area (TPSA) is 35.5 Å². The molecule has 3 atom stereocenters. The van der Waals surface area contributed by atoms with Crippen molar-refractivity contribution in [3.05, 3.63) is 107 Å². The summed E-state index contributed by atoms with van der Waals surface area (Å²) in [5.74, 6) is 0. The number of rotatable bonds is 3. The highest BCUT2D eigenvalue weighted by Gasteiger charge is 2.45. The molecule has 0 aliphatic carbocycles. The van der Waals surface area contributed by atoms with E-state index in [0.717, 1.165) is 16.7 Å². The van der Waals surface area contributed by atoms with E-state index < -0.39 is 17.0 Å². The normalized spacial score (nSPS) is 25.7. The van der Waals surface area contributed by atoms with E-state index in [1.807, 2.05) is 84.9 Å². The van der Waals surface area contributed by atoms with Gasteiger partial charge in [-0.05, 0) is 28.8 Å². The monoisotopic (exact) mass is 384 g/mol. The third-order valence-corrected chi connectivity index (χ3v) is 5.66. The molecule has 132 valence electrons. The molecule has 3 aromatic carbocycles. The van der Waals surface area contributed by atoms with E-state index in [1.165, 1.54) is 0 Å². The minimum Gasteiger partial charge on any atom is -0.260 e. The average molecular weight is 385 g/mol. The zero-order valence-electron chi connectivity index (χ0n) is 13.9. The van der Waals surface area contributed by atoms with Gasteiger partial charge in [-0.15, -0.1) is 0 Å². The van der Waals surface area contributed by atoms with E-state index in [0.29, 0.717) is 11.4 Å². The van der Waals surface area contributed by atoms with Crippen molar-refractivity contribution in [1.29, 1.82) is 0 Å². The molecule has 0 saturated carbocycles. The van der Waals surface area contributed by atoms with Crippen LogP contribution in [0.1, 0.15) is 29.2 Å². The summed E-state index contributed by atoms with van der Waals surface area (Å²) in [6.07, 6.45) is 0.163. The van der Waals surface area contributed by atoms with Gasteiger partial charge in [0.1, 0.15) is 11.7 Å². The molecule has 5 heteroatoms. The molecule has 3 unspecified atom stereocenters. The molecular formula is C21H17ClO3S. The molecule has 0 aromatic heterocycles. The second-order valence-corrected chi connectivity index (χ2v) is 7.39. The van der Waals surface area contributed by atoms with Crippen LogP contribution in [0, 0.1) is 0 Å². The molecule has 0 spiro atoms. The predicted octanol–water partition coefficient (Wildman–Crippen LogP) is 5.34. The van der Waals surface area contributed by atoms with Crippen LogP contribution in [0.5, 0.6) is 0 Å². The Morgan fingerprint density at radius 3 is 2.08 bits per heavy atom. The summed E-state index contributed by atoms with van der Waals surface area (Å²) in [5.41, 5.74) is 1.92. The van der Waals surface area contributed by atoms with Crippen LogP contribution >= 0.6 is 11.6 Å². The lowest BCUT2D eigenvalue weighted by atomic mass is 9.80. The first kappa shape index (κ1) is 17.4. The van der Waals surface area contributed by atoms with Crippen molar-refractivity contribution < 1.29 is 12.6 Å². The maximum absolute atomic E-state index is 12.5. The number of hydrogen-bond donors (Lipinski definition) is 0. The molecule has 1 heterocycles. The van der Waals surface area contributed by atoms with Gasteiger partial charge in [-0.25, -0.2) is 0 Å². The third kappa shape index (κ3) is 3.33. The lowest BCUT2D eigenvalue weighted by Gasteiger charge is -2.40. The summed E-state index contributed by atoms with van der Waals surface area (Å²) < 4.78 is 24.1. The average Bonchev–Trinajstić information content (AvgIpc) is 2.69. The molecule has 3 aromatic rings. The number of halogens is 1. The fraction of sp³-hybridized carbons (Fsp3) is 0.143. The minimum atomic E-state index is -1.88. The summed E-state index contributed by atoms with van der Waals surface area (Å²) in [7, 11) is 0. The van der Waals surface area contributed by atoms with Gasteiger partial charge in [0.25, 0.3) is 0 Å². The van der Waals surface area contributed by atoms with Crippen molar-refractivity contribution in [3.63, 3.8) is 0 Å². The van der Waals surface area contributed by atoms with Gasteiger partial charge in [0.15, 0.2) is 0 Å². The zero-order valence-corrected chi connectivity index (χ0v) is 15.5.